The highest BCUT2D eigenvalue weighted by atomic mass is 16.1. The summed E-state index contributed by atoms with van der Waals surface area (Å²) >= 11 is 0. The van der Waals surface area contributed by atoms with E-state index in [1.165, 1.54) is 0 Å². The van der Waals surface area contributed by atoms with E-state index in [4.69, 9.17) is 5.73 Å². The Morgan fingerprint density at radius 3 is 2.56 bits per heavy atom. The van der Waals surface area contributed by atoms with Crippen LogP contribution in [0.1, 0.15) is 22.7 Å². The number of nitrogens with two attached hydrogens (primary N) is 1. The summed E-state index contributed by atoms with van der Waals surface area (Å²) in [6, 6.07) is 11.2. The predicted octanol–water partition coefficient (Wildman–Crippen LogP) is 1.73. The first-order valence-corrected chi connectivity index (χ1v) is 5.18. The van der Waals surface area contributed by atoms with Gasteiger partial charge >= 0.3 is 0 Å². The third-order valence-electron chi connectivity index (χ3n) is 2.67. The summed E-state index contributed by atoms with van der Waals surface area (Å²) in [4.78, 5) is 13.8. The molecule has 1 unspecified atom stereocenters. The number of rotatable bonds is 2. The Morgan fingerprint density at radius 1 is 1.25 bits per heavy atom. The maximum absolute atomic E-state index is 11.1. The number of hydrogen-bond acceptors (Lipinski definition) is 2. The van der Waals surface area contributed by atoms with E-state index in [2.05, 4.69) is 4.98 Å². The summed E-state index contributed by atoms with van der Waals surface area (Å²) in [7, 11) is 0. The second-order valence-corrected chi connectivity index (χ2v) is 3.82. The number of pyridine rings is 1. The zero-order valence-corrected chi connectivity index (χ0v) is 9.10. The Kier molecular flexibility index (Phi) is 2.88. The Hall–Kier alpha value is -1.87. The highest BCUT2D eigenvalue weighted by molar-refractivity contribution is 5.34. The monoisotopic (exact) mass is 214 g/mol. The van der Waals surface area contributed by atoms with Crippen molar-refractivity contribution in [3.63, 3.8) is 0 Å². The maximum atomic E-state index is 11.1. The molecule has 0 amide bonds. The van der Waals surface area contributed by atoms with Gasteiger partial charge in [0.1, 0.15) is 0 Å². The van der Waals surface area contributed by atoms with Gasteiger partial charge in [0.05, 0.1) is 6.04 Å². The molecule has 0 aliphatic carbocycles. The van der Waals surface area contributed by atoms with E-state index < -0.39 is 0 Å². The molecule has 0 fully saturated rings. The van der Waals surface area contributed by atoms with Crippen molar-refractivity contribution in [1.29, 1.82) is 0 Å². The molecule has 2 rings (SSSR count). The van der Waals surface area contributed by atoms with Gasteiger partial charge in [-0.15, -0.1) is 0 Å². The molecule has 82 valence electrons. The average Bonchev–Trinajstić information content (AvgIpc) is 2.29. The SMILES string of the molecule is Cc1cc(=O)[nH]cc1C(N)c1ccccc1. The molecule has 1 aromatic carbocycles. The number of H-pyrrole nitrogens is 1. The van der Waals surface area contributed by atoms with Gasteiger partial charge in [0, 0.05) is 12.3 Å². The lowest BCUT2D eigenvalue weighted by atomic mass is 9.98. The van der Waals surface area contributed by atoms with Crippen LogP contribution in [-0.2, 0) is 0 Å². The van der Waals surface area contributed by atoms with E-state index in [1.54, 1.807) is 12.3 Å². The number of aryl methyl sites for hydroxylation is 1. The summed E-state index contributed by atoms with van der Waals surface area (Å²) < 4.78 is 0. The van der Waals surface area contributed by atoms with E-state index in [0.29, 0.717) is 0 Å². The number of aromatic nitrogens is 1. The Labute approximate surface area is 93.9 Å². The smallest absolute Gasteiger partial charge is 0.248 e. The van der Waals surface area contributed by atoms with E-state index in [-0.39, 0.29) is 11.6 Å². The topological polar surface area (TPSA) is 58.9 Å². The van der Waals surface area contributed by atoms with Gasteiger partial charge in [-0.1, -0.05) is 30.3 Å². The third-order valence-corrected chi connectivity index (χ3v) is 2.67. The largest absolute Gasteiger partial charge is 0.329 e. The Balaban J connectivity index is 2.42. The fourth-order valence-electron chi connectivity index (χ4n) is 1.76. The molecule has 0 saturated carbocycles. The molecule has 0 spiro atoms. The highest BCUT2D eigenvalue weighted by Crippen LogP contribution is 2.20. The van der Waals surface area contributed by atoms with Gasteiger partial charge < -0.3 is 10.7 Å². The molecule has 0 saturated heterocycles. The molecule has 3 N–H and O–H groups in total. The summed E-state index contributed by atoms with van der Waals surface area (Å²) in [5.74, 6) is 0. The summed E-state index contributed by atoms with van der Waals surface area (Å²) in [5, 5.41) is 0. The van der Waals surface area contributed by atoms with E-state index in [9.17, 15) is 4.79 Å². The van der Waals surface area contributed by atoms with Crippen LogP contribution in [0.25, 0.3) is 0 Å². The molecule has 3 heteroatoms. The minimum absolute atomic E-state index is 0.0958. The van der Waals surface area contributed by atoms with Crippen LogP contribution in [0, 0.1) is 6.92 Å². The lowest BCUT2D eigenvalue weighted by molar-refractivity contribution is 0.850. The molecule has 2 aromatic rings. The maximum Gasteiger partial charge on any atom is 0.248 e. The lowest BCUT2D eigenvalue weighted by Gasteiger charge is -2.14. The van der Waals surface area contributed by atoms with E-state index in [1.807, 2.05) is 37.3 Å². The molecule has 0 bridgehead atoms. The molecular weight excluding hydrogens is 200 g/mol. The van der Waals surface area contributed by atoms with Crippen molar-refractivity contribution in [3.05, 3.63) is 69.6 Å². The zero-order chi connectivity index (χ0) is 11.5. The first kappa shape index (κ1) is 10.6. The second-order valence-electron chi connectivity index (χ2n) is 3.82. The minimum atomic E-state index is -0.196. The lowest BCUT2D eigenvalue weighted by Crippen LogP contribution is -2.16. The number of nitrogens with one attached hydrogen (secondary N) is 1. The summed E-state index contributed by atoms with van der Waals surface area (Å²) in [6.45, 7) is 1.90. The van der Waals surface area contributed by atoms with Crippen LogP contribution in [0.4, 0.5) is 0 Å². The van der Waals surface area contributed by atoms with Crippen molar-refractivity contribution >= 4 is 0 Å². The Morgan fingerprint density at radius 2 is 1.94 bits per heavy atom. The number of benzene rings is 1. The van der Waals surface area contributed by atoms with Crippen LogP contribution in [-0.4, -0.2) is 4.98 Å². The van der Waals surface area contributed by atoms with Crippen molar-refractivity contribution in [2.45, 2.75) is 13.0 Å². The number of hydrogen-bond donors (Lipinski definition) is 2. The molecule has 16 heavy (non-hydrogen) atoms. The first-order valence-electron chi connectivity index (χ1n) is 5.18. The summed E-state index contributed by atoms with van der Waals surface area (Å²) in [5.41, 5.74) is 8.96. The molecule has 0 aliphatic rings. The van der Waals surface area contributed by atoms with Crippen LogP contribution >= 0.6 is 0 Å². The molecule has 3 nitrogen and oxygen atoms in total. The molecule has 1 aromatic heterocycles. The fourth-order valence-corrected chi connectivity index (χ4v) is 1.76. The molecule has 1 atom stereocenters. The van der Waals surface area contributed by atoms with Crippen LogP contribution in [0.5, 0.6) is 0 Å². The van der Waals surface area contributed by atoms with Crippen molar-refractivity contribution < 1.29 is 0 Å². The van der Waals surface area contributed by atoms with Crippen LogP contribution in [0.15, 0.2) is 47.4 Å². The molecule has 0 radical (unpaired) electrons. The third kappa shape index (κ3) is 2.04. The van der Waals surface area contributed by atoms with Crippen molar-refractivity contribution in [2.24, 2.45) is 5.73 Å². The molecule has 1 heterocycles. The average molecular weight is 214 g/mol. The van der Waals surface area contributed by atoms with Gasteiger partial charge in [-0.25, -0.2) is 0 Å². The van der Waals surface area contributed by atoms with Gasteiger partial charge in [-0.2, -0.15) is 0 Å². The van der Waals surface area contributed by atoms with Crippen molar-refractivity contribution in [2.75, 3.05) is 0 Å². The predicted molar refractivity (Wildman–Crippen MR) is 64.3 cm³/mol. The van der Waals surface area contributed by atoms with Crippen LogP contribution in [0.3, 0.4) is 0 Å². The Bertz CT molecular complexity index is 531. The van der Waals surface area contributed by atoms with E-state index >= 15 is 0 Å². The number of aromatic amines is 1. The molecule has 0 aliphatic heterocycles. The van der Waals surface area contributed by atoms with Crippen LogP contribution in [0.2, 0.25) is 0 Å². The quantitative estimate of drug-likeness (QED) is 0.799. The molecular formula is C13H14N2O. The zero-order valence-electron chi connectivity index (χ0n) is 9.10. The van der Waals surface area contributed by atoms with Gasteiger partial charge in [0.15, 0.2) is 0 Å². The minimum Gasteiger partial charge on any atom is -0.329 e. The van der Waals surface area contributed by atoms with Crippen molar-refractivity contribution in [1.82, 2.24) is 4.98 Å². The van der Waals surface area contributed by atoms with Gasteiger partial charge in [0.2, 0.25) is 5.56 Å². The van der Waals surface area contributed by atoms with Crippen molar-refractivity contribution in [3.8, 4) is 0 Å². The normalized spacial score (nSPS) is 12.4. The highest BCUT2D eigenvalue weighted by Gasteiger charge is 2.10. The standard InChI is InChI=1S/C13H14N2O/c1-9-7-12(16)15-8-11(9)13(14)10-5-3-2-4-6-10/h2-8,13H,14H2,1H3,(H,15,16). The van der Waals surface area contributed by atoms with Gasteiger partial charge in [-0.05, 0) is 23.6 Å². The van der Waals surface area contributed by atoms with Crippen LogP contribution < -0.4 is 11.3 Å². The summed E-state index contributed by atoms with van der Waals surface area (Å²) in [6.07, 6.45) is 1.69. The van der Waals surface area contributed by atoms with Gasteiger partial charge in [-0.3, -0.25) is 4.79 Å². The first-order chi connectivity index (χ1) is 7.68. The van der Waals surface area contributed by atoms with Gasteiger partial charge in [0.25, 0.3) is 0 Å². The second kappa shape index (κ2) is 4.33. The fraction of sp³-hybridized carbons (Fsp3) is 0.154. The van der Waals surface area contributed by atoms with E-state index in [0.717, 1.165) is 16.7 Å².